The van der Waals surface area contributed by atoms with E-state index in [2.05, 4.69) is 5.32 Å². The summed E-state index contributed by atoms with van der Waals surface area (Å²) in [5.74, 6) is 0.176. The summed E-state index contributed by atoms with van der Waals surface area (Å²) in [5.41, 5.74) is 1.96. The van der Waals surface area contributed by atoms with Crippen molar-refractivity contribution >= 4 is 5.91 Å². The van der Waals surface area contributed by atoms with Gasteiger partial charge in [0.1, 0.15) is 0 Å². The standard InChI is InChI=1S/C14H20N2O/c1-12-5-2-6-13(11-12)14(17)16-9-3-7-15-8-4-10-16/h2,5-6,11,15H,3-4,7-10H2,1H3. The Kier molecular flexibility index (Phi) is 4.15. The highest BCUT2D eigenvalue weighted by Gasteiger charge is 2.16. The molecule has 0 radical (unpaired) electrons. The molecule has 1 saturated heterocycles. The Morgan fingerprint density at radius 3 is 2.59 bits per heavy atom. The van der Waals surface area contributed by atoms with Crippen molar-refractivity contribution in [2.24, 2.45) is 0 Å². The summed E-state index contributed by atoms with van der Waals surface area (Å²) in [6.45, 7) is 5.77. The lowest BCUT2D eigenvalue weighted by Gasteiger charge is -2.25. The Morgan fingerprint density at radius 1 is 1.24 bits per heavy atom. The monoisotopic (exact) mass is 232 g/mol. The van der Waals surface area contributed by atoms with Crippen LogP contribution in [0.4, 0.5) is 0 Å². The SMILES string of the molecule is Cc1cccc(C(=O)N2CCCNCCC2)c1. The van der Waals surface area contributed by atoms with E-state index in [-0.39, 0.29) is 5.91 Å². The number of rotatable bonds is 1. The van der Waals surface area contributed by atoms with Gasteiger partial charge in [-0.3, -0.25) is 4.79 Å². The van der Waals surface area contributed by atoms with Crippen LogP contribution in [0, 0.1) is 6.92 Å². The van der Waals surface area contributed by atoms with Gasteiger partial charge in [0.2, 0.25) is 0 Å². The van der Waals surface area contributed by atoms with Gasteiger partial charge in [0, 0.05) is 18.7 Å². The molecule has 1 aliphatic rings. The molecule has 0 bridgehead atoms. The number of hydrogen-bond acceptors (Lipinski definition) is 2. The Labute approximate surface area is 103 Å². The van der Waals surface area contributed by atoms with E-state index in [0.717, 1.165) is 50.1 Å². The molecule has 0 saturated carbocycles. The predicted octanol–water partition coefficient (Wildman–Crippen LogP) is 1.82. The van der Waals surface area contributed by atoms with Gasteiger partial charge in [-0.1, -0.05) is 17.7 Å². The Hall–Kier alpha value is -1.35. The van der Waals surface area contributed by atoms with Crippen molar-refractivity contribution in [3.63, 3.8) is 0 Å². The molecule has 92 valence electrons. The normalized spacial score (nSPS) is 17.4. The van der Waals surface area contributed by atoms with E-state index < -0.39 is 0 Å². The molecule has 1 aromatic carbocycles. The molecule has 1 aromatic rings. The van der Waals surface area contributed by atoms with E-state index in [1.807, 2.05) is 36.1 Å². The lowest BCUT2D eigenvalue weighted by atomic mass is 10.1. The van der Waals surface area contributed by atoms with E-state index in [9.17, 15) is 4.79 Å². The summed E-state index contributed by atoms with van der Waals surface area (Å²) in [6.07, 6.45) is 2.08. The zero-order valence-electron chi connectivity index (χ0n) is 10.4. The van der Waals surface area contributed by atoms with Gasteiger partial charge >= 0.3 is 0 Å². The van der Waals surface area contributed by atoms with Crippen molar-refractivity contribution in [2.45, 2.75) is 19.8 Å². The lowest BCUT2D eigenvalue weighted by Crippen LogP contribution is -2.38. The van der Waals surface area contributed by atoms with Gasteiger partial charge in [-0.2, -0.15) is 0 Å². The number of benzene rings is 1. The van der Waals surface area contributed by atoms with Gasteiger partial charge in [0.25, 0.3) is 5.91 Å². The molecular formula is C14H20N2O. The first-order valence-electron chi connectivity index (χ1n) is 6.34. The van der Waals surface area contributed by atoms with Crippen LogP contribution in [0.5, 0.6) is 0 Å². The topological polar surface area (TPSA) is 32.3 Å². The van der Waals surface area contributed by atoms with Gasteiger partial charge in [0.15, 0.2) is 0 Å². The summed E-state index contributed by atoms with van der Waals surface area (Å²) in [7, 11) is 0. The molecule has 0 aromatic heterocycles. The second-order valence-corrected chi connectivity index (χ2v) is 4.62. The summed E-state index contributed by atoms with van der Waals surface area (Å²) in [5, 5.41) is 3.36. The Balaban J connectivity index is 2.07. The zero-order valence-corrected chi connectivity index (χ0v) is 10.4. The van der Waals surface area contributed by atoms with Crippen LogP contribution in [0.2, 0.25) is 0 Å². The van der Waals surface area contributed by atoms with E-state index in [1.54, 1.807) is 0 Å². The van der Waals surface area contributed by atoms with Gasteiger partial charge in [-0.15, -0.1) is 0 Å². The van der Waals surface area contributed by atoms with E-state index in [1.165, 1.54) is 0 Å². The quantitative estimate of drug-likeness (QED) is 0.801. The molecule has 0 spiro atoms. The zero-order chi connectivity index (χ0) is 12.1. The Morgan fingerprint density at radius 2 is 1.94 bits per heavy atom. The molecule has 1 heterocycles. The number of carbonyl (C=O) groups is 1. The summed E-state index contributed by atoms with van der Waals surface area (Å²) in [6, 6.07) is 7.86. The van der Waals surface area contributed by atoms with Crippen molar-refractivity contribution in [3.05, 3.63) is 35.4 Å². The predicted molar refractivity (Wildman–Crippen MR) is 69.2 cm³/mol. The maximum atomic E-state index is 12.3. The number of nitrogens with zero attached hydrogens (tertiary/aromatic N) is 1. The third-order valence-corrected chi connectivity index (χ3v) is 3.12. The van der Waals surface area contributed by atoms with Crippen LogP contribution in [0.3, 0.4) is 0 Å². The fraction of sp³-hybridized carbons (Fsp3) is 0.500. The van der Waals surface area contributed by atoms with Crippen molar-refractivity contribution < 1.29 is 4.79 Å². The maximum Gasteiger partial charge on any atom is 0.253 e. The minimum atomic E-state index is 0.176. The highest BCUT2D eigenvalue weighted by Crippen LogP contribution is 2.09. The molecule has 3 heteroatoms. The summed E-state index contributed by atoms with van der Waals surface area (Å²) < 4.78 is 0. The number of carbonyl (C=O) groups excluding carboxylic acids is 1. The van der Waals surface area contributed by atoms with Crippen LogP contribution in [-0.2, 0) is 0 Å². The molecular weight excluding hydrogens is 212 g/mol. The highest BCUT2D eigenvalue weighted by molar-refractivity contribution is 5.94. The van der Waals surface area contributed by atoms with Crippen LogP contribution in [0.15, 0.2) is 24.3 Å². The molecule has 17 heavy (non-hydrogen) atoms. The summed E-state index contributed by atoms with van der Waals surface area (Å²) in [4.78, 5) is 14.3. The molecule has 1 fully saturated rings. The fourth-order valence-corrected chi connectivity index (χ4v) is 2.19. The van der Waals surface area contributed by atoms with Gasteiger partial charge in [-0.05, 0) is 45.0 Å². The van der Waals surface area contributed by atoms with Gasteiger partial charge in [-0.25, -0.2) is 0 Å². The first-order chi connectivity index (χ1) is 8.27. The van der Waals surface area contributed by atoms with E-state index >= 15 is 0 Å². The Bertz CT molecular complexity index is 382. The number of amides is 1. The van der Waals surface area contributed by atoms with Crippen molar-refractivity contribution in [1.29, 1.82) is 0 Å². The smallest absolute Gasteiger partial charge is 0.253 e. The van der Waals surface area contributed by atoms with E-state index in [4.69, 9.17) is 0 Å². The highest BCUT2D eigenvalue weighted by atomic mass is 16.2. The maximum absolute atomic E-state index is 12.3. The van der Waals surface area contributed by atoms with Crippen LogP contribution < -0.4 is 5.32 Å². The minimum Gasteiger partial charge on any atom is -0.339 e. The van der Waals surface area contributed by atoms with Gasteiger partial charge < -0.3 is 10.2 Å². The van der Waals surface area contributed by atoms with Crippen LogP contribution in [-0.4, -0.2) is 37.0 Å². The number of nitrogens with one attached hydrogen (secondary N) is 1. The molecule has 0 aliphatic carbocycles. The second-order valence-electron chi connectivity index (χ2n) is 4.62. The average molecular weight is 232 g/mol. The van der Waals surface area contributed by atoms with Crippen molar-refractivity contribution in [1.82, 2.24) is 10.2 Å². The molecule has 3 nitrogen and oxygen atoms in total. The van der Waals surface area contributed by atoms with Crippen LogP contribution >= 0.6 is 0 Å². The first-order valence-corrected chi connectivity index (χ1v) is 6.34. The number of hydrogen-bond donors (Lipinski definition) is 1. The first kappa shape index (κ1) is 12.1. The largest absolute Gasteiger partial charge is 0.339 e. The van der Waals surface area contributed by atoms with Crippen molar-refractivity contribution in [3.8, 4) is 0 Å². The van der Waals surface area contributed by atoms with Crippen LogP contribution in [0.25, 0.3) is 0 Å². The minimum absolute atomic E-state index is 0.176. The van der Waals surface area contributed by atoms with Crippen LogP contribution in [0.1, 0.15) is 28.8 Å². The number of aryl methyl sites for hydroxylation is 1. The second kappa shape index (κ2) is 5.82. The third kappa shape index (κ3) is 3.30. The summed E-state index contributed by atoms with van der Waals surface area (Å²) >= 11 is 0. The molecule has 0 unspecified atom stereocenters. The molecule has 1 N–H and O–H groups in total. The molecule has 2 rings (SSSR count). The average Bonchev–Trinajstić information content (AvgIpc) is 2.28. The molecule has 0 atom stereocenters. The van der Waals surface area contributed by atoms with Gasteiger partial charge in [0.05, 0.1) is 0 Å². The molecule has 1 aliphatic heterocycles. The van der Waals surface area contributed by atoms with E-state index in [0.29, 0.717) is 0 Å². The van der Waals surface area contributed by atoms with Crippen molar-refractivity contribution in [2.75, 3.05) is 26.2 Å². The fourth-order valence-electron chi connectivity index (χ4n) is 2.19. The lowest BCUT2D eigenvalue weighted by molar-refractivity contribution is 0.0745. The third-order valence-electron chi connectivity index (χ3n) is 3.12. The molecule has 1 amide bonds.